The van der Waals surface area contributed by atoms with Crippen molar-refractivity contribution in [3.63, 3.8) is 0 Å². The lowest BCUT2D eigenvalue weighted by Crippen LogP contribution is -2.03. The summed E-state index contributed by atoms with van der Waals surface area (Å²) < 4.78 is 33.1. The van der Waals surface area contributed by atoms with Crippen molar-refractivity contribution in [2.45, 2.75) is 26.4 Å². The van der Waals surface area contributed by atoms with E-state index in [9.17, 15) is 8.78 Å². The Balaban J connectivity index is 2.17. The van der Waals surface area contributed by atoms with Crippen molar-refractivity contribution in [3.05, 3.63) is 63.6 Å². The highest BCUT2D eigenvalue weighted by Crippen LogP contribution is 2.24. The van der Waals surface area contributed by atoms with Crippen LogP contribution in [0.1, 0.15) is 30.9 Å². The molecule has 0 aromatic heterocycles. The highest BCUT2D eigenvalue weighted by molar-refractivity contribution is 9.10. The molecule has 2 rings (SSSR count). The molecular formula is C16H15BrF2O. The summed E-state index contributed by atoms with van der Waals surface area (Å²) in [6.45, 7) is 4.01. The lowest BCUT2D eigenvalue weighted by molar-refractivity contribution is 0.292. The summed E-state index contributed by atoms with van der Waals surface area (Å²) >= 11 is 3.04. The van der Waals surface area contributed by atoms with Gasteiger partial charge in [0.2, 0.25) is 0 Å². The Labute approximate surface area is 125 Å². The van der Waals surface area contributed by atoms with Crippen molar-refractivity contribution in [1.82, 2.24) is 0 Å². The van der Waals surface area contributed by atoms with Gasteiger partial charge in [-0.25, -0.2) is 8.78 Å². The fraction of sp³-hybridized carbons (Fsp3) is 0.250. The first-order valence-electron chi connectivity index (χ1n) is 6.34. The van der Waals surface area contributed by atoms with Crippen LogP contribution in [0.15, 0.2) is 40.9 Å². The first kappa shape index (κ1) is 15.0. The number of rotatable bonds is 4. The van der Waals surface area contributed by atoms with E-state index in [1.54, 1.807) is 6.07 Å². The molecule has 106 valence electrons. The minimum Gasteiger partial charge on any atom is -0.489 e. The first-order valence-corrected chi connectivity index (χ1v) is 7.13. The predicted octanol–water partition coefficient (Wildman–Crippen LogP) is 5.43. The molecule has 1 nitrogen and oxygen atoms in total. The maximum Gasteiger partial charge on any atom is 0.146 e. The van der Waals surface area contributed by atoms with Gasteiger partial charge < -0.3 is 4.74 Å². The molecular weight excluding hydrogens is 326 g/mol. The van der Waals surface area contributed by atoms with Crippen LogP contribution in [-0.4, -0.2) is 0 Å². The zero-order chi connectivity index (χ0) is 14.7. The molecule has 0 spiro atoms. The van der Waals surface area contributed by atoms with Crippen molar-refractivity contribution in [2.24, 2.45) is 0 Å². The first-order chi connectivity index (χ1) is 9.49. The normalized spacial score (nSPS) is 10.9. The number of benzene rings is 2. The Morgan fingerprint density at radius 3 is 2.60 bits per heavy atom. The fourth-order valence-corrected chi connectivity index (χ4v) is 2.19. The van der Waals surface area contributed by atoms with Gasteiger partial charge in [-0.1, -0.05) is 26.0 Å². The molecule has 2 aromatic carbocycles. The third kappa shape index (κ3) is 3.37. The molecule has 0 bridgehead atoms. The lowest BCUT2D eigenvalue weighted by Gasteiger charge is -2.11. The Kier molecular flexibility index (Phi) is 4.76. The maximum atomic E-state index is 13.8. The van der Waals surface area contributed by atoms with Crippen LogP contribution in [0.4, 0.5) is 8.78 Å². The summed E-state index contributed by atoms with van der Waals surface area (Å²) in [6.07, 6.45) is 0. The Morgan fingerprint density at radius 1 is 1.15 bits per heavy atom. The summed E-state index contributed by atoms with van der Waals surface area (Å²) in [5.41, 5.74) is 1.05. The van der Waals surface area contributed by atoms with E-state index < -0.39 is 11.6 Å². The second-order valence-electron chi connectivity index (χ2n) is 4.84. The molecule has 0 aliphatic rings. The summed E-state index contributed by atoms with van der Waals surface area (Å²) in [7, 11) is 0. The van der Waals surface area contributed by atoms with Crippen molar-refractivity contribution >= 4 is 15.9 Å². The summed E-state index contributed by atoms with van der Waals surface area (Å²) in [4.78, 5) is 0. The third-order valence-electron chi connectivity index (χ3n) is 3.05. The van der Waals surface area contributed by atoms with Crippen LogP contribution in [0.25, 0.3) is 0 Å². The quantitative estimate of drug-likeness (QED) is 0.674. The summed E-state index contributed by atoms with van der Waals surface area (Å²) in [5.74, 6) is -0.247. The molecule has 0 amide bonds. The van der Waals surface area contributed by atoms with E-state index in [2.05, 4.69) is 29.8 Å². The second kappa shape index (κ2) is 6.35. The average Bonchev–Trinajstić information content (AvgIpc) is 2.43. The van der Waals surface area contributed by atoms with E-state index in [1.165, 1.54) is 12.1 Å². The van der Waals surface area contributed by atoms with Gasteiger partial charge in [-0.2, -0.15) is 0 Å². The van der Waals surface area contributed by atoms with Crippen molar-refractivity contribution in [3.8, 4) is 5.75 Å². The molecule has 0 saturated heterocycles. The van der Waals surface area contributed by atoms with E-state index in [0.29, 0.717) is 11.7 Å². The second-order valence-corrected chi connectivity index (χ2v) is 5.69. The zero-order valence-electron chi connectivity index (χ0n) is 11.3. The van der Waals surface area contributed by atoms with Gasteiger partial charge in [-0.3, -0.25) is 0 Å². The van der Waals surface area contributed by atoms with Crippen LogP contribution in [-0.2, 0) is 6.61 Å². The minimum absolute atomic E-state index is 0.0747. The maximum absolute atomic E-state index is 13.8. The topological polar surface area (TPSA) is 9.23 Å². The van der Waals surface area contributed by atoms with Gasteiger partial charge in [0.15, 0.2) is 0 Å². The van der Waals surface area contributed by atoms with Gasteiger partial charge in [0.1, 0.15) is 24.0 Å². The predicted molar refractivity (Wildman–Crippen MR) is 78.9 cm³/mol. The van der Waals surface area contributed by atoms with Crippen LogP contribution in [0, 0.1) is 11.6 Å². The Hall–Kier alpha value is -1.42. The Bertz CT molecular complexity index is 611. The molecule has 0 saturated carbocycles. The number of ether oxygens (including phenoxy) is 1. The molecule has 4 heteroatoms. The van der Waals surface area contributed by atoms with Crippen LogP contribution in [0.3, 0.4) is 0 Å². The van der Waals surface area contributed by atoms with E-state index in [1.807, 2.05) is 18.2 Å². The SMILES string of the molecule is CC(C)c1cccc(OCc2c(F)ccc(Br)c2F)c1. The van der Waals surface area contributed by atoms with Gasteiger partial charge in [0, 0.05) is 0 Å². The van der Waals surface area contributed by atoms with Crippen LogP contribution in [0.2, 0.25) is 0 Å². The summed E-state index contributed by atoms with van der Waals surface area (Å²) in [6, 6.07) is 10.1. The molecule has 0 aliphatic heterocycles. The van der Waals surface area contributed by atoms with Gasteiger partial charge in [-0.15, -0.1) is 0 Å². The standard InChI is InChI=1S/C16H15BrF2O/c1-10(2)11-4-3-5-12(8-11)20-9-13-15(18)7-6-14(17)16(13)19/h3-8,10H,9H2,1-2H3. The molecule has 0 radical (unpaired) electrons. The number of hydrogen-bond donors (Lipinski definition) is 0. The highest BCUT2D eigenvalue weighted by Gasteiger charge is 2.13. The Morgan fingerprint density at radius 2 is 1.90 bits per heavy atom. The average molecular weight is 341 g/mol. The third-order valence-corrected chi connectivity index (χ3v) is 3.66. The van der Waals surface area contributed by atoms with E-state index >= 15 is 0 Å². The van der Waals surface area contributed by atoms with Crippen LogP contribution >= 0.6 is 15.9 Å². The molecule has 0 unspecified atom stereocenters. The summed E-state index contributed by atoms with van der Waals surface area (Å²) in [5, 5.41) is 0. The smallest absolute Gasteiger partial charge is 0.146 e. The van der Waals surface area contributed by atoms with E-state index in [-0.39, 0.29) is 16.6 Å². The van der Waals surface area contributed by atoms with Crippen LogP contribution in [0.5, 0.6) is 5.75 Å². The van der Waals surface area contributed by atoms with E-state index in [4.69, 9.17) is 4.74 Å². The molecule has 0 fully saturated rings. The zero-order valence-corrected chi connectivity index (χ0v) is 12.9. The number of halogens is 3. The monoisotopic (exact) mass is 340 g/mol. The van der Waals surface area contributed by atoms with Gasteiger partial charge in [-0.05, 0) is 51.7 Å². The molecule has 2 aromatic rings. The van der Waals surface area contributed by atoms with Crippen molar-refractivity contribution in [2.75, 3.05) is 0 Å². The molecule has 0 heterocycles. The van der Waals surface area contributed by atoms with Crippen LogP contribution < -0.4 is 4.74 Å². The fourth-order valence-electron chi connectivity index (χ4n) is 1.82. The molecule has 0 aliphatic carbocycles. The lowest BCUT2D eigenvalue weighted by atomic mass is 10.0. The minimum atomic E-state index is -0.620. The highest BCUT2D eigenvalue weighted by atomic mass is 79.9. The van der Waals surface area contributed by atoms with Gasteiger partial charge >= 0.3 is 0 Å². The van der Waals surface area contributed by atoms with E-state index in [0.717, 1.165) is 5.56 Å². The molecule has 0 N–H and O–H groups in total. The molecule has 20 heavy (non-hydrogen) atoms. The van der Waals surface area contributed by atoms with Gasteiger partial charge in [0.05, 0.1) is 10.0 Å². The van der Waals surface area contributed by atoms with Gasteiger partial charge in [0.25, 0.3) is 0 Å². The largest absolute Gasteiger partial charge is 0.489 e. The van der Waals surface area contributed by atoms with Crippen molar-refractivity contribution in [1.29, 1.82) is 0 Å². The number of hydrogen-bond acceptors (Lipinski definition) is 1. The molecule has 0 atom stereocenters. The van der Waals surface area contributed by atoms with Crippen molar-refractivity contribution < 1.29 is 13.5 Å².